The van der Waals surface area contributed by atoms with E-state index in [0.717, 1.165) is 5.69 Å². The summed E-state index contributed by atoms with van der Waals surface area (Å²) in [7, 11) is 0. The van der Waals surface area contributed by atoms with Gasteiger partial charge in [0.05, 0.1) is 28.1 Å². The molecule has 2 heterocycles. The number of fused-ring (bicyclic) bond motifs is 1. The van der Waals surface area contributed by atoms with Crippen LogP contribution in [0.3, 0.4) is 0 Å². The van der Waals surface area contributed by atoms with E-state index in [4.69, 9.17) is 27.9 Å². The number of carbonyl (C=O) groups is 1. The van der Waals surface area contributed by atoms with E-state index >= 15 is 0 Å². The monoisotopic (exact) mass is 318 g/mol. The molecule has 0 aliphatic heterocycles. The number of rotatable bonds is 5. The molecule has 2 aromatic heterocycles. The van der Waals surface area contributed by atoms with Gasteiger partial charge in [0, 0.05) is 18.1 Å². The van der Waals surface area contributed by atoms with Crippen molar-refractivity contribution in [2.75, 3.05) is 12.4 Å². The molecule has 2 rings (SSSR count). The Morgan fingerprint density at radius 1 is 1.47 bits per heavy atom. The Balaban J connectivity index is 2.02. The molecule has 0 amide bonds. The van der Waals surface area contributed by atoms with Gasteiger partial charge >= 0.3 is 5.97 Å². The maximum absolute atomic E-state index is 11.2. The number of imidazole rings is 1. The summed E-state index contributed by atoms with van der Waals surface area (Å²) in [5.74, 6) is 0.724. The van der Waals surface area contributed by atoms with E-state index in [-0.39, 0.29) is 5.97 Å². The highest BCUT2D eigenvalue weighted by atomic mass is 35.5. The smallest absolute Gasteiger partial charge is 0.315 e. The number of carbonyl (C=O) groups excluding carboxylic acids is 1. The number of thioether (sulfide) groups is 1. The summed E-state index contributed by atoms with van der Waals surface area (Å²) in [5, 5.41) is 1.06. The molecule has 0 aliphatic rings. The molecule has 4 nitrogen and oxygen atoms in total. The minimum Gasteiger partial charge on any atom is -0.465 e. The van der Waals surface area contributed by atoms with Gasteiger partial charge in [0.15, 0.2) is 5.65 Å². The highest BCUT2D eigenvalue weighted by Crippen LogP contribution is 2.23. The molecule has 0 atom stereocenters. The zero-order valence-corrected chi connectivity index (χ0v) is 12.6. The van der Waals surface area contributed by atoms with Crippen LogP contribution in [0.25, 0.3) is 5.65 Å². The van der Waals surface area contributed by atoms with Crippen molar-refractivity contribution >= 4 is 46.6 Å². The minimum absolute atomic E-state index is 0.211. The highest BCUT2D eigenvalue weighted by Gasteiger charge is 2.08. The second kappa shape index (κ2) is 6.50. The van der Waals surface area contributed by atoms with E-state index in [1.165, 1.54) is 11.8 Å². The summed E-state index contributed by atoms with van der Waals surface area (Å²) >= 11 is 13.4. The summed E-state index contributed by atoms with van der Waals surface area (Å²) in [6, 6.07) is 1.65. The van der Waals surface area contributed by atoms with Crippen molar-refractivity contribution < 1.29 is 9.53 Å². The van der Waals surface area contributed by atoms with Crippen LogP contribution >= 0.6 is 35.0 Å². The molecule has 0 saturated carbocycles. The van der Waals surface area contributed by atoms with Crippen LogP contribution in [0, 0.1) is 0 Å². The molecule has 0 aliphatic carbocycles. The quantitative estimate of drug-likeness (QED) is 0.792. The lowest BCUT2D eigenvalue weighted by Gasteiger charge is -1.99. The van der Waals surface area contributed by atoms with E-state index in [9.17, 15) is 4.79 Å². The second-order valence-electron chi connectivity index (χ2n) is 3.77. The first kappa shape index (κ1) is 14.5. The Kier molecular flexibility index (Phi) is 4.96. The van der Waals surface area contributed by atoms with Crippen molar-refractivity contribution in [3.05, 3.63) is 34.2 Å². The summed E-state index contributed by atoms with van der Waals surface area (Å²) in [4.78, 5) is 15.6. The van der Waals surface area contributed by atoms with Crippen molar-refractivity contribution in [1.82, 2.24) is 9.38 Å². The lowest BCUT2D eigenvalue weighted by atomic mass is 10.5. The molecule has 7 heteroatoms. The van der Waals surface area contributed by atoms with Crippen molar-refractivity contribution in [3.8, 4) is 0 Å². The van der Waals surface area contributed by atoms with Crippen LogP contribution < -0.4 is 0 Å². The lowest BCUT2D eigenvalue weighted by molar-refractivity contribution is -0.139. The first-order chi connectivity index (χ1) is 9.10. The number of aromatic nitrogens is 2. The van der Waals surface area contributed by atoms with Gasteiger partial charge < -0.3 is 9.14 Å². The summed E-state index contributed by atoms with van der Waals surface area (Å²) in [6.45, 7) is 2.19. The normalized spacial score (nSPS) is 10.9. The van der Waals surface area contributed by atoms with Gasteiger partial charge in [0.1, 0.15) is 0 Å². The number of halogens is 2. The summed E-state index contributed by atoms with van der Waals surface area (Å²) in [6.07, 6.45) is 3.60. The van der Waals surface area contributed by atoms with E-state index in [1.807, 2.05) is 6.20 Å². The van der Waals surface area contributed by atoms with E-state index < -0.39 is 0 Å². The molecule has 0 spiro atoms. The molecule has 0 unspecified atom stereocenters. The average Bonchev–Trinajstić information content (AvgIpc) is 2.72. The number of pyridine rings is 1. The molecule has 0 aromatic carbocycles. The minimum atomic E-state index is -0.211. The Morgan fingerprint density at radius 3 is 3.00 bits per heavy atom. The van der Waals surface area contributed by atoms with Crippen molar-refractivity contribution in [2.24, 2.45) is 0 Å². The van der Waals surface area contributed by atoms with Crippen LogP contribution in [0.1, 0.15) is 12.6 Å². The van der Waals surface area contributed by atoms with Crippen LogP contribution in [0.15, 0.2) is 18.5 Å². The van der Waals surface area contributed by atoms with Gasteiger partial charge in [-0.25, -0.2) is 4.98 Å². The Labute approximate surface area is 125 Å². The fourth-order valence-electron chi connectivity index (χ4n) is 1.59. The predicted molar refractivity (Wildman–Crippen MR) is 78.0 cm³/mol. The Morgan fingerprint density at radius 2 is 2.26 bits per heavy atom. The zero-order valence-electron chi connectivity index (χ0n) is 10.2. The van der Waals surface area contributed by atoms with Crippen LogP contribution in [-0.4, -0.2) is 27.7 Å². The molecule has 0 fully saturated rings. The van der Waals surface area contributed by atoms with Crippen molar-refractivity contribution in [3.63, 3.8) is 0 Å². The van der Waals surface area contributed by atoms with Gasteiger partial charge in [0.25, 0.3) is 0 Å². The SMILES string of the molecule is CCOC(=O)CSCc1cn2cc(Cl)cc(Cl)c2n1. The van der Waals surface area contributed by atoms with Gasteiger partial charge in [-0.15, -0.1) is 11.8 Å². The summed E-state index contributed by atoms with van der Waals surface area (Å²) < 4.78 is 6.63. The Bertz CT molecular complexity index is 601. The zero-order chi connectivity index (χ0) is 13.8. The standard InChI is InChI=1S/C12H12Cl2N2O2S/c1-2-18-11(17)7-19-6-9-5-16-4-8(13)3-10(14)12(16)15-9/h3-5H,2,6-7H2,1H3. The number of hydrogen-bond donors (Lipinski definition) is 0. The maximum atomic E-state index is 11.2. The topological polar surface area (TPSA) is 43.6 Å². The van der Waals surface area contributed by atoms with Gasteiger partial charge in [0.2, 0.25) is 0 Å². The highest BCUT2D eigenvalue weighted by molar-refractivity contribution is 7.99. The molecule has 0 bridgehead atoms. The fourth-order valence-corrected chi connectivity index (χ4v) is 2.81. The number of esters is 1. The summed E-state index contributed by atoms with van der Waals surface area (Å²) in [5.41, 5.74) is 1.51. The molecule has 102 valence electrons. The van der Waals surface area contributed by atoms with Gasteiger partial charge in [-0.3, -0.25) is 4.79 Å². The van der Waals surface area contributed by atoms with Crippen LogP contribution in [-0.2, 0) is 15.3 Å². The van der Waals surface area contributed by atoms with E-state index in [1.54, 1.807) is 23.6 Å². The van der Waals surface area contributed by atoms with Crippen LogP contribution in [0.4, 0.5) is 0 Å². The number of ether oxygens (including phenoxy) is 1. The molecule has 0 N–H and O–H groups in total. The largest absolute Gasteiger partial charge is 0.465 e. The maximum Gasteiger partial charge on any atom is 0.315 e. The molecular weight excluding hydrogens is 307 g/mol. The predicted octanol–water partition coefficient (Wildman–Crippen LogP) is 3.44. The third-order valence-corrected chi connectivity index (χ3v) is 3.72. The van der Waals surface area contributed by atoms with Crippen molar-refractivity contribution in [1.29, 1.82) is 0 Å². The van der Waals surface area contributed by atoms with Gasteiger partial charge in [-0.1, -0.05) is 23.2 Å². The second-order valence-corrected chi connectivity index (χ2v) is 5.60. The number of hydrogen-bond acceptors (Lipinski definition) is 4. The van der Waals surface area contributed by atoms with Gasteiger partial charge in [-0.05, 0) is 13.0 Å². The van der Waals surface area contributed by atoms with Crippen LogP contribution in [0.5, 0.6) is 0 Å². The molecule has 0 saturated heterocycles. The molecular formula is C12H12Cl2N2O2S. The first-order valence-electron chi connectivity index (χ1n) is 5.66. The Hall–Kier alpha value is -0.910. The van der Waals surface area contributed by atoms with Crippen molar-refractivity contribution in [2.45, 2.75) is 12.7 Å². The fraction of sp³-hybridized carbons (Fsp3) is 0.333. The molecule has 19 heavy (non-hydrogen) atoms. The van der Waals surface area contributed by atoms with E-state index in [2.05, 4.69) is 4.98 Å². The van der Waals surface area contributed by atoms with Crippen LogP contribution in [0.2, 0.25) is 10.0 Å². The molecule has 2 aromatic rings. The lowest BCUT2D eigenvalue weighted by Crippen LogP contribution is -2.06. The first-order valence-corrected chi connectivity index (χ1v) is 7.57. The average molecular weight is 319 g/mol. The third-order valence-electron chi connectivity index (χ3n) is 2.30. The molecule has 0 radical (unpaired) electrons. The number of nitrogens with zero attached hydrogens (tertiary/aromatic N) is 2. The van der Waals surface area contributed by atoms with E-state index in [0.29, 0.717) is 33.8 Å². The third kappa shape index (κ3) is 3.78. The van der Waals surface area contributed by atoms with Gasteiger partial charge in [-0.2, -0.15) is 0 Å².